The van der Waals surface area contributed by atoms with Gasteiger partial charge < -0.3 is 15.8 Å². The maximum atomic E-state index is 12.4. The van der Waals surface area contributed by atoms with Crippen LogP contribution in [0.1, 0.15) is 43.7 Å². The molecule has 1 saturated carbocycles. The predicted molar refractivity (Wildman–Crippen MR) is 83.9 cm³/mol. The average Bonchev–Trinajstić information content (AvgIpc) is 2.98. The van der Waals surface area contributed by atoms with Crippen LogP contribution in [0.4, 0.5) is 0 Å². The molecule has 0 radical (unpaired) electrons. The number of hydrogen-bond donors (Lipinski definition) is 2. The Morgan fingerprint density at radius 2 is 2.05 bits per heavy atom. The summed E-state index contributed by atoms with van der Waals surface area (Å²) in [5, 5.41) is 3.07. The minimum atomic E-state index is -0.266. The smallest absolute Gasteiger partial charge is 0.305 e. The van der Waals surface area contributed by atoms with Gasteiger partial charge in [0.25, 0.3) is 0 Å². The van der Waals surface area contributed by atoms with Gasteiger partial charge in [0.2, 0.25) is 5.91 Å². The van der Waals surface area contributed by atoms with E-state index in [1.165, 1.54) is 7.11 Å². The molecule has 22 heavy (non-hydrogen) atoms. The van der Waals surface area contributed by atoms with E-state index in [-0.39, 0.29) is 36.3 Å². The van der Waals surface area contributed by atoms with Gasteiger partial charge in [-0.1, -0.05) is 30.3 Å². The van der Waals surface area contributed by atoms with Gasteiger partial charge in [0, 0.05) is 18.4 Å². The molecule has 0 bridgehead atoms. The van der Waals surface area contributed by atoms with Gasteiger partial charge in [-0.05, 0) is 31.2 Å². The first-order valence-corrected chi connectivity index (χ1v) is 7.78. The van der Waals surface area contributed by atoms with E-state index < -0.39 is 0 Å². The van der Waals surface area contributed by atoms with Crippen LogP contribution in [-0.4, -0.2) is 25.0 Å². The molecule has 0 spiro atoms. The number of esters is 1. The van der Waals surface area contributed by atoms with Crippen molar-refractivity contribution in [3.8, 4) is 0 Å². The molecule has 3 N–H and O–H groups in total. The highest BCUT2D eigenvalue weighted by Crippen LogP contribution is 2.26. The van der Waals surface area contributed by atoms with Crippen molar-refractivity contribution in [2.24, 2.45) is 11.7 Å². The van der Waals surface area contributed by atoms with Gasteiger partial charge in [-0.3, -0.25) is 9.59 Å². The zero-order valence-corrected chi connectivity index (χ0v) is 13.0. The van der Waals surface area contributed by atoms with Crippen molar-refractivity contribution in [1.29, 1.82) is 0 Å². The molecule has 2 rings (SSSR count). The Hall–Kier alpha value is -1.88. The van der Waals surface area contributed by atoms with Gasteiger partial charge in [-0.15, -0.1) is 0 Å². The number of carbonyl (C=O) groups is 2. The summed E-state index contributed by atoms with van der Waals surface area (Å²) in [4.78, 5) is 23.8. The lowest BCUT2D eigenvalue weighted by molar-refractivity contribution is -0.141. The summed E-state index contributed by atoms with van der Waals surface area (Å²) in [6.45, 7) is 0. The highest BCUT2D eigenvalue weighted by Gasteiger charge is 2.29. The average molecular weight is 304 g/mol. The van der Waals surface area contributed by atoms with Crippen LogP contribution in [0.25, 0.3) is 0 Å². The highest BCUT2D eigenvalue weighted by molar-refractivity contribution is 5.79. The van der Waals surface area contributed by atoms with Crippen LogP contribution in [0.2, 0.25) is 0 Å². The maximum absolute atomic E-state index is 12.4. The monoisotopic (exact) mass is 304 g/mol. The largest absolute Gasteiger partial charge is 0.469 e. The molecule has 1 aromatic rings. The molecule has 1 aliphatic carbocycles. The molecular weight excluding hydrogens is 280 g/mol. The Bertz CT molecular complexity index is 504. The third-order valence-corrected chi connectivity index (χ3v) is 4.23. The van der Waals surface area contributed by atoms with Gasteiger partial charge in [0.05, 0.1) is 13.2 Å². The summed E-state index contributed by atoms with van der Waals surface area (Å²) in [7, 11) is 1.37. The Labute approximate surface area is 131 Å². The number of nitrogens with two attached hydrogens (primary N) is 1. The lowest BCUT2D eigenvalue weighted by Crippen LogP contribution is -2.34. The van der Waals surface area contributed by atoms with E-state index in [4.69, 9.17) is 5.73 Å². The van der Waals surface area contributed by atoms with Crippen molar-refractivity contribution >= 4 is 11.9 Å². The topological polar surface area (TPSA) is 81.4 Å². The molecule has 1 fully saturated rings. The molecule has 0 aromatic heterocycles. The van der Waals surface area contributed by atoms with E-state index in [2.05, 4.69) is 10.1 Å². The van der Waals surface area contributed by atoms with Crippen molar-refractivity contribution in [3.63, 3.8) is 0 Å². The van der Waals surface area contributed by atoms with Gasteiger partial charge in [0.15, 0.2) is 0 Å². The van der Waals surface area contributed by atoms with Crippen LogP contribution in [0.5, 0.6) is 0 Å². The maximum Gasteiger partial charge on any atom is 0.305 e. The minimum absolute atomic E-state index is 0.0145. The summed E-state index contributed by atoms with van der Waals surface area (Å²) in [6.07, 6.45) is 3.29. The lowest BCUT2D eigenvalue weighted by Gasteiger charge is -2.21. The molecule has 3 unspecified atom stereocenters. The highest BCUT2D eigenvalue weighted by atomic mass is 16.5. The molecule has 0 aliphatic heterocycles. The number of hydrogen-bond acceptors (Lipinski definition) is 4. The van der Waals surface area contributed by atoms with Gasteiger partial charge in [-0.2, -0.15) is 0 Å². The molecule has 0 heterocycles. The summed E-state index contributed by atoms with van der Waals surface area (Å²) in [5.41, 5.74) is 6.88. The standard InChI is InChI=1S/C17H24N2O3/c1-22-16(20)10-9-15(12-5-3-2-4-6-12)19-17(21)13-7-8-14(18)11-13/h2-6,13-15H,7-11,18H2,1H3,(H,19,21). The molecule has 1 amide bonds. The second-order valence-corrected chi connectivity index (χ2v) is 5.86. The SMILES string of the molecule is COC(=O)CCC(NC(=O)C1CCC(N)C1)c1ccccc1. The number of ether oxygens (including phenoxy) is 1. The summed E-state index contributed by atoms with van der Waals surface area (Å²) in [6, 6.07) is 9.66. The van der Waals surface area contributed by atoms with Crippen molar-refractivity contribution in [2.45, 2.75) is 44.2 Å². The predicted octanol–water partition coefficient (Wildman–Crippen LogP) is 1.92. The molecule has 120 valence electrons. The quantitative estimate of drug-likeness (QED) is 0.787. The number of carbonyl (C=O) groups excluding carboxylic acids is 2. The summed E-state index contributed by atoms with van der Waals surface area (Å²) >= 11 is 0. The van der Waals surface area contributed by atoms with Crippen molar-refractivity contribution in [3.05, 3.63) is 35.9 Å². The first-order chi connectivity index (χ1) is 10.6. The minimum Gasteiger partial charge on any atom is -0.469 e. The fourth-order valence-corrected chi connectivity index (χ4v) is 2.92. The molecule has 5 nitrogen and oxygen atoms in total. The Balaban J connectivity index is 2.00. The summed E-state index contributed by atoms with van der Waals surface area (Å²) in [5.74, 6) is -0.246. The third kappa shape index (κ3) is 4.56. The van der Waals surface area contributed by atoms with E-state index in [0.29, 0.717) is 6.42 Å². The zero-order valence-electron chi connectivity index (χ0n) is 13.0. The van der Waals surface area contributed by atoms with Crippen molar-refractivity contribution < 1.29 is 14.3 Å². The molecule has 1 aliphatic rings. The number of methoxy groups -OCH3 is 1. The van der Waals surface area contributed by atoms with Gasteiger partial charge in [-0.25, -0.2) is 0 Å². The van der Waals surface area contributed by atoms with E-state index in [0.717, 1.165) is 24.8 Å². The van der Waals surface area contributed by atoms with Gasteiger partial charge in [0.1, 0.15) is 0 Å². The zero-order chi connectivity index (χ0) is 15.9. The normalized spacial score (nSPS) is 22.1. The summed E-state index contributed by atoms with van der Waals surface area (Å²) < 4.78 is 4.69. The van der Waals surface area contributed by atoms with E-state index in [9.17, 15) is 9.59 Å². The lowest BCUT2D eigenvalue weighted by atomic mass is 10.00. The molecule has 3 atom stereocenters. The molecular formula is C17H24N2O3. The van der Waals surface area contributed by atoms with Crippen LogP contribution in [-0.2, 0) is 14.3 Å². The number of benzene rings is 1. The van der Waals surface area contributed by atoms with E-state index in [1.54, 1.807) is 0 Å². The fourth-order valence-electron chi connectivity index (χ4n) is 2.92. The van der Waals surface area contributed by atoms with Crippen molar-refractivity contribution in [1.82, 2.24) is 5.32 Å². The second-order valence-electron chi connectivity index (χ2n) is 5.86. The van der Waals surface area contributed by atoms with Gasteiger partial charge >= 0.3 is 5.97 Å². The van der Waals surface area contributed by atoms with Crippen molar-refractivity contribution in [2.75, 3.05) is 7.11 Å². The Morgan fingerprint density at radius 3 is 2.64 bits per heavy atom. The van der Waals surface area contributed by atoms with Crippen LogP contribution in [0.3, 0.4) is 0 Å². The first kappa shape index (κ1) is 16.5. The van der Waals surface area contributed by atoms with Crippen LogP contribution >= 0.6 is 0 Å². The number of rotatable bonds is 6. The molecule has 0 saturated heterocycles. The van der Waals surface area contributed by atoms with E-state index in [1.807, 2.05) is 30.3 Å². The number of amides is 1. The van der Waals surface area contributed by atoms with Crippen LogP contribution < -0.4 is 11.1 Å². The Kier molecular flexibility index (Phi) is 5.95. The Morgan fingerprint density at radius 1 is 1.32 bits per heavy atom. The van der Waals surface area contributed by atoms with Crippen LogP contribution in [0, 0.1) is 5.92 Å². The molecule has 5 heteroatoms. The van der Waals surface area contributed by atoms with E-state index >= 15 is 0 Å². The second kappa shape index (κ2) is 7.94. The molecule has 1 aromatic carbocycles. The first-order valence-electron chi connectivity index (χ1n) is 7.78. The van der Waals surface area contributed by atoms with Crippen LogP contribution in [0.15, 0.2) is 30.3 Å². The number of nitrogens with one attached hydrogen (secondary N) is 1. The fraction of sp³-hybridized carbons (Fsp3) is 0.529. The third-order valence-electron chi connectivity index (χ3n) is 4.23.